The van der Waals surface area contributed by atoms with Gasteiger partial charge < -0.3 is 20.1 Å². The third-order valence-electron chi connectivity index (χ3n) is 7.86. The summed E-state index contributed by atoms with van der Waals surface area (Å²) in [6, 6.07) is 16.5. The fraction of sp³-hybridized carbons (Fsp3) is 0.464. The van der Waals surface area contributed by atoms with Crippen molar-refractivity contribution in [3.05, 3.63) is 59.7 Å². The predicted octanol–water partition coefficient (Wildman–Crippen LogP) is 4.26. The fourth-order valence-electron chi connectivity index (χ4n) is 5.96. The summed E-state index contributed by atoms with van der Waals surface area (Å²) in [7, 11) is 0. The number of alkyl carbamates (subject to hydrolysis) is 1. The van der Waals surface area contributed by atoms with Crippen molar-refractivity contribution in [2.24, 2.45) is 17.8 Å². The molecule has 0 aromatic heterocycles. The number of nitrogens with one attached hydrogen (secondary N) is 1. The predicted molar refractivity (Wildman–Crippen MR) is 131 cm³/mol. The highest BCUT2D eigenvalue weighted by molar-refractivity contribution is 5.81. The minimum Gasteiger partial charge on any atom is -0.481 e. The van der Waals surface area contributed by atoms with Gasteiger partial charge in [-0.05, 0) is 53.4 Å². The summed E-state index contributed by atoms with van der Waals surface area (Å²) in [4.78, 5) is 38.1. The van der Waals surface area contributed by atoms with Gasteiger partial charge in [-0.3, -0.25) is 9.59 Å². The molecule has 2 aromatic carbocycles. The van der Waals surface area contributed by atoms with Gasteiger partial charge in [0.15, 0.2) is 0 Å². The molecule has 2 aromatic rings. The van der Waals surface area contributed by atoms with Gasteiger partial charge >= 0.3 is 12.1 Å². The van der Waals surface area contributed by atoms with E-state index in [-0.39, 0.29) is 42.6 Å². The Labute approximate surface area is 205 Å². The largest absolute Gasteiger partial charge is 0.481 e. The molecule has 1 saturated carbocycles. The number of carboxylic acid groups (broad SMARTS) is 1. The lowest BCUT2D eigenvalue weighted by molar-refractivity contribution is -0.143. The molecule has 0 spiro atoms. The van der Waals surface area contributed by atoms with Crippen LogP contribution in [0.3, 0.4) is 0 Å². The minimum atomic E-state index is -0.787. The number of carboxylic acids is 1. The maximum absolute atomic E-state index is 13.0. The topological polar surface area (TPSA) is 95.9 Å². The number of hydrogen-bond acceptors (Lipinski definition) is 4. The molecule has 2 N–H and O–H groups in total. The number of amides is 2. The van der Waals surface area contributed by atoms with E-state index in [9.17, 15) is 14.4 Å². The van der Waals surface area contributed by atoms with Crippen LogP contribution in [-0.2, 0) is 14.3 Å². The molecule has 2 fully saturated rings. The monoisotopic (exact) mass is 476 g/mol. The zero-order valence-electron chi connectivity index (χ0n) is 19.8. The molecule has 2 amide bonds. The van der Waals surface area contributed by atoms with E-state index < -0.39 is 12.1 Å². The Hall–Kier alpha value is -3.35. The van der Waals surface area contributed by atoms with Crippen LogP contribution >= 0.6 is 0 Å². The Bertz CT molecular complexity index is 1060. The summed E-state index contributed by atoms with van der Waals surface area (Å²) in [5.74, 6) is -0.299. The normalized spacial score (nSPS) is 21.2. The molecular formula is C28H32N2O5. The number of carbonyl (C=O) groups excluding carboxylic acids is 2. The van der Waals surface area contributed by atoms with Crippen molar-refractivity contribution in [1.29, 1.82) is 0 Å². The van der Waals surface area contributed by atoms with E-state index in [0.717, 1.165) is 19.3 Å². The van der Waals surface area contributed by atoms with Gasteiger partial charge in [-0.25, -0.2) is 4.79 Å². The Balaban J connectivity index is 1.10. The smallest absolute Gasteiger partial charge is 0.407 e. The summed E-state index contributed by atoms with van der Waals surface area (Å²) >= 11 is 0. The molecule has 2 atom stereocenters. The van der Waals surface area contributed by atoms with Gasteiger partial charge in [-0.2, -0.15) is 0 Å². The first-order valence-corrected chi connectivity index (χ1v) is 12.6. The molecule has 1 heterocycles. The van der Waals surface area contributed by atoms with Crippen molar-refractivity contribution in [2.45, 2.75) is 38.0 Å². The standard InChI is InChI=1S/C28H32N2O5/c31-26(32)13-12-18-15-30(16-18)27(33)20-11-5-6-19(20)14-29-28(34)35-17-25-23-9-3-1-7-21(23)22-8-2-4-10-24(22)25/h1-4,7-10,18-20,25H,5-6,11-17H2,(H,29,34)(H,31,32)/t19-,20-/m0/s1. The summed E-state index contributed by atoms with van der Waals surface area (Å²) in [5.41, 5.74) is 4.75. The van der Waals surface area contributed by atoms with E-state index in [1.54, 1.807) is 0 Å². The van der Waals surface area contributed by atoms with E-state index in [2.05, 4.69) is 29.6 Å². The second-order valence-corrected chi connectivity index (χ2v) is 10.0. The molecule has 0 bridgehead atoms. The van der Waals surface area contributed by atoms with Crippen LogP contribution in [0, 0.1) is 17.8 Å². The van der Waals surface area contributed by atoms with Crippen LogP contribution in [0.5, 0.6) is 0 Å². The third kappa shape index (κ3) is 4.90. The van der Waals surface area contributed by atoms with Crippen LogP contribution in [0.4, 0.5) is 4.79 Å². The molecule has 35 heavy (non-hydrogen) atoms. The minimum absolute atomic E-state index is 0.0226. The van der Waals surface area contributed by atoms with Gasteiger partial charge in [0.2, 0.25) is 5.91 Å². The summed E-state index contributed by atoms with van der Waals surface area (Å²) in [6.07, 6.45) is 3.06. The molecule has 0 radical (unpaired) electrons. The Kier molecular flexibility index (Phi) is 6.75. The maximum Gasteiger partial charge on any atom is 0.407 e. The first-order valence-electron chi connectivity index (χ1n) is 12.6. The zero-order valence-corrected chi connectivity index (χ0v) is 19.8. The lowest BCUT2D eigenvalue weighted by atomic mass is 9.89. The highest BCUT2D eigenvalue weighted by Gasteiger charge is 2.40. The van der Waals surface area contributed by atoms with Crippen molar-refractivity contribution in [3.8, 4) is 11.1 Å². The van der Waals surface area contributed by atoms with Crippen molar-refractivity contribution in [2.75, 3.05) is 26.2 Å². The Morgan fingerprint density at radius 2 is 1.63 bits per heavy atom. The molecule has 5 rings (SSSR count). The molecular weight excluding hydrogens is 444 g/mol. The summed E-state index contributed by atoms with van der Waals surface area (Å²) in [5, 5.41) is 11.7. The third-order valence-corrected chi connectivity index (χ3v) is 7.86. The molecule has 7 heteroatoms. The van der Waals surface area contributed by atoms with Crippen molar-refractivity contribution >= 4 is 18.0 Å². The second-order valence-electron chi connectivity index (χ2n) is 10.0. The van der Waals surface area contributed by atoms with Crippen LogP contribution in [-0.4, -0.2) is 54.2 Å². The average molecular weight is 477 g/mol. The van der Waals surface area contributed by atoms with Crippen molar-refractivity contribution < 1.29 is 24.2 Å². The number of rotatable bonds is 8. The lowest BCUT2D eigenvalue weighted by Gasteiger charge is -2.41. The number of aliphatic carboxylic acids is 1. The molecule has 3 aliphatic rings. The van der Waals surface area contributed by atoms with Crippen LogP contribution in [0.2, 0.25) is 0 Å². The van der Waals surface area contributed by atoms with Gasteiger partial charge in [-0.1, -0.05) is 55.0 Å². The Morgan fingerprint density at radius 1 is 0.971 bits per heavy atom. The lowest BCUT2D eigenvalue weighted by Crippen LogP contribution is -2.53. The van der Waals surface area contributed by atoms with Gasteiger partial charge in [0.25, 0.3) is 0 Å². The van der Waals surface area contributed by atoms with Crippen LogP contribution in [0.25, 0.3) is 11.1 Å². The Morgan fingerprint density at radius 3 is 2.29 bits per heavy atom. The number of likely N-dealkylation sites (tertiary alicyclic amines) is 1. The first kappa shape index (κ1) is 23.4. The zero-order chi connectivity index (χ0) is 24.4. The quantitative estimate of drug-likeness (QED) is 0.593. The highest BCUT2D eigenvalue weighted by atomic mass is 16.5. The molecule has 1 saturated heterocycles. The second kappa shape index (κ2) is 10.1. The SMILES string of the molecule is O=C(O)CCC1CN(C(=O)[C@H]2CCC[C@H]2CNC(=O)OCC2c3ccccc3-c3ccccc32)C1. The fourth-order valence-corrected chi connectivity index (χ4v) is 5.96. The maximum atomic E-state index is 13.0. The number of hydrogen-bond donors (Lipinski definition) is 2. The number of ether oxygens (including phenoxy) is 1. The molecule has 184 valence electrons. The van der Waals surface area contributed by atoms with E-state index >= 15 is 0 Å². The van der Waals surface area contributed by atoms with E-state index in [4.69, 9.17) is 9.84 Å². The van der Waals surface area contributed by atoms with Crippen molar-refractivity contribution in [3.63, 3.8) is 0 Å². The van der Waals surface area contributed by atoms with Gasteiger partial charge in [-0.15, -0.1) is 0 Å². The number of benzene rings is 2. The number of fused-ring (bicyclic) bond motifs is 3. The van der Waals surface area contributed by atoms with Crippen molar-refractivity contribution in [1.82, 2.24) is 10.2 Å². The van der Waals surface area contributed by atoms with E-state index in [0.29, 0.717) is 26.1 Å². The summed E-state index contributed by atoms with van der Waals surface area (Å²) < 4.78 is 5.64. The molecule has 1 aliphatic heterocycles. The first-order chi connectivity index (χ1) is 17.0. The van der Waals surface area contributed by atoms with E-state index in [1.807, 2.05) is 29.2 Å². The van der Waals surface area contributed by atoms with Crippen LogP contribution < -0.4 is 5.32 Å². The number of carbonyl (C=O) groups is 3. The highest BCUT2D eigenvalue weighted by Crippen LogP contribution is 2.44. The molecule has 2 aliphatic carbocycles. The number of nitrogens with zero attached hydrogens (tertiary/aromatic N) is 1. The van der Waals surface area contributed by atoms with Crippen LogP contribution in [0.1, 0.15) is 49.1 Å². The van der Waals surface area contributed by atoms with Crippen LogP contribution in [0.15, 0.2) is 48.5 Å². The molecule has 7 nitrogen and oxygen atoms in total. The van der Waals surface area contributed by atoms with E-state index in [1.165, 1.54) is 22.3 Å². The summed E-state index contributed by atoms with van der Waals surface area (Å²) in [6.45, 7) is 2.01. The molecule has 0 unspecified atom stereocenters. The van der Waals surface area contributed by atoms with Gasteiger partial charge in [0.05, 0.1) is 0 Å². The van der Waals surface area contributed by atoms with Gasteiger partial charge in [0, 0.05) is 37.9 Å². The van der Waals surface area contributed by atoms with Gasteiger partial charge in [0.1, 0.15) is 6.61 Å². The average Bonchev–Trinajstić information content (AvgIpc) is 3.43.